The fourth-order valence-electron chi connectivity index (χ4n) is 2.43. The first kappa shape index (κ1) is 13.7. The van der Waals surface area contributed by atoms with Crippen molar-refractivity contribution in [3.8, 4) is 0 Å². The maximum Gasteiger partial charge on any atom is 0.330 e. The zero-order chi connectivity index (χ0) is 15.1. The second kappa shape index (κ2) is 4.96. The third-order valence-corrected chi connectivity index (χ3v) is 3.83. The van der Waals surface area contributed by atoms with Crippen molar-refractivity contribution < 1.29 is 24.3 Å². The highest BCUT2D eigenvalue weighted by molar-refractivity contribution is 9.18. The van der Waals surface area contributed by atoms with E-state index in [-0.39, 0.29) is 17.5 Å². The molecule has 1 aromatic carbocycles. The maximum absolute atomic E-state index is 12.3. The van der Waals surface area contributed by atoms with Gasteiger partial charge in [0.05, 0.1) is 11.1 Å². The molecule has 0 fully saturated rings. The van der Waals surface area contributed by atoms with Gasteiger partial charge in [0.2, 0.25) is 0 Å². The average molecular weight is 353 g/mol. The molecule has 2 unspecified atom stereocenters. The van der Waals surface area contributed by atoms with Crippen LogP contribution in [0.5, 0.6) is 0 Å². The predicted octanol–water partition coefficient (Wildman–Crippen LogP) is 1.23. The molecule has 0 spiro atoms. The summed E-state index contributed by atoms with van der Waals surface area (Å²) in [7, 11) is 0. The lowest BCUT2D eigenvalue weighted by atomic mass is 10.1. The van der Waals surface area contributed by atoms with E-state index in [0.29, 0.717) is 4.62 Å². The van der Waals surface area contributed by atoms with E-state index in [0.717, 1.165) is 4.90 Å². The lowest BCUT2D eigenvalue weighted by Gasteiger charge is -2.25. The van der Waals surface area contributed by atoms with Crippen molar-refractivity contribution in [3.63, 3.8) is 0 Å². The van der Waals surface area contributed by atoms with Gasteiger partial charge in [0.15, 0.2) is 12.1 Å². The molecule has 108 valence electrons. The van der Waals surface area contributed by atoms with Crippen LogP contribution in [-0.4, -0.2) is 44.6 Å². The molecule has 1 aromatic rings. The maximum atomic E-state index is 12.3. The predicted molar refractivity (Wildman–Crippen MR) is 74.2 cm³/mol. The molecule has 2 heterocycles. The number of carbonyl (C=O) groups excluding carboxylic acids is 2. The lowest BCUT2D eigenvalue weighted by Crippen LogP contribution is -2.51. The van der Waals surface area contributed by atoms with Crippen LogP contribution in [-0.2, 0) is 9.63 Å². The molecule has 0 bridgehead atoms. The number of carboxylic acid groups (broad SMARTS) is 1. The molecule has 2 aliphatic rings. The normalized spacial score (nSPS) is 21.9. The van der Waals surface area contributed by atoms with Crippen LogP contribution in [0, 0.1) is 0 Å². The molecule has 2 amide bonds. The third kappa shape index (κ3) is 2.11. The van der Waals surface area contributed by atoms with Crippen LogP contribution >= 0.6 is 15.9 Å². The Morgan fingerprint density at radius 2 is 1.90 bits per heavy atom. The summed E-state index contributed by atoms with van der Waals surface area (Å²) in [5.74, 6) is -2.57. The Hall–Kier alpha value is -2.22. The van der Waals surface area contributed by atoms with Gasteiger partial charge in [-0.2, -0.15) is 0 Å². The Labute approximate surface area is 127 Å². The molecule has 2 atom stereocenters. The first-order valence-corrected chi connectivity index (χ1v) is 6.88. The Bertz CT molecular complexity index is 652. The fourth-order valence-corrected chi connectivity index (χ4v) is 2.83. The molecule has 21 heavy (non-hydrogen) atoms. The minimum atomic E-state index is -1.42. The topological polar surface area (TPSA) is 96.3 Å². The molecule has 3 rings (SSSR count). The van der Waals surface area contributed by atoms with E-state index >= 15 is 0 Å². The van der Waals surface area contributed by atoms with E-state index in [4.69, 9.17) is 4.84 Å². The monoisotopic (exact) mass is 352 g/mol. The van der Waals surface area contributed by atoms with E-state index in [1.54, 1.807) is 12.1 Å². The van der Waals surface area contributed by atoms with E-state index in [9.17, 15) is 19.5 Å². The number of amides is 2. The summed E-state index contributed by atoms with van der Waals surface area (Å²) in [5, 5.41) is 13.0. The molecule has 0 radical (unpaired) electrons. The van der Waals surface area contributed by atoms with Crippen molar-refractivity contribution in [1.82, 2.24) is 4.90 Å². The molecule has 8 heteroatoms. The lowest BCUT2D eigenvalue weighted by molar-refractivity contribution is -0.146. The summed E-state index contributed by atoms with van der Waals surface area (Å²) in [5.41, 5.74) is 0.401. The molecular weight excluding hydrogens is 344 g/mol. The van der Waals surface area contributed by atoms with Crippen LogP contribution in [0.3, 0.4) is 0 Å². The van der Waals surface area contributed by atoms with Crippen LogP contribution in [0.25, 0.3) is 0 Å². The molecule has 2 aliphatic heterocycles. The second-order valence-electron chi connectivity index (χ2n) is 4.62. The number of benzene rings is 1. The van der Waals surface area contributed by atoms with Crippen molar-refractivity contribution in [3.05, 3.63) is 35.4 Å². The summed E-state index contributed by atoms with van der Waals surface area (Å²) in [4.78, 5) is 41.9. The molecular formula is C13H9BrN2O5. The standard InChI is InChI=1S/C13H9BrN2O5/c14-9-5-8(21-15-9)10(13(19)20)16-11(17)6-3-1-2-4-7(6)12(16)18/h1-4,8,10H,5H2,(H,19,20). The minimum absolute atomic E-state index is 0.185. The molecule has 0 saturated heterocycles. The zero-order valence-electron chi connectivity index (χ0n) is 10.5. The van der Waals surface area contributed by atoms with Gasteiger partial charge in [0.25, 0.3) is 11.8 Å². The first-order chi connectivity index (χ1) is 10.0. The number of fused-ring (bicyclic) bond motifs is 1. The van der Waals surface area contributed by atoms with Crippen molar-refractivity contribution in [1.29, 1.82) is 0 Å². The van der Waals surface area contributed by atoms with Gasteiger partial charge in [-0.25, -0.2) is 4.79 Å². The number of hydrogen-bond acceptors (Lipinski definition) is 5. The van der Waals surface area contributed by atoms with Crippen molar-refractivity contribution in [2.24, 2.45) is 5.16 Å². The largest absolute Gasteiger partial charge is 0.480 e. The summed E-state index contributed by atoms with van der Waals surface area (Å²) < 4.78 is 0.440. The molecule has 0 saturated carbocycles. The number of carbonyl (C=O) groups is 3. The van der Waals surface area contributed by atoms with Gasteiger partial charge in [0.1, 0.15) is 4.62 Å². The van der Waals surface area contributed by atoms with Crippen LogP contribution < -0.4 is 0 Å². The number of halogens is 1. The number of imide groups is 1. The highest BCUT2D eigenvalue weighted by atomic mass is 79.9. The van der Waals surface area contributed by atoms with Crippen LogP contribution in [0.4, 0.5) is 0 Å². The highest BCUT2D eigenvalue weighted by Crippen LogP contribution is 2.29. The summed E-state index contributed by atoms with van der Waals surface area (Å²) in [6.07, 6.45) is -0.719. The van der Waals surface area contributed by atoms with Crippen LogP contribution in [0.15, 0.2) is 29.4 Å². The Kier molecular flexibility index (Phi) is 3.25. The Balaban J connectivity index is 1.97. The van der Waals surface area contributed by atoms with E-state index in [1.807, 2.05) is 0 Å². The summed E-state index contributed by atoms with van der Waals surface area (Å²) in [6.45, 7) is 0. The van der Waals surface area contributed by atoms with Gasteiger partial charge < -0.3 is 9.94 Å². The fraction of sp³-hybridized carbons (Fsp3) is 0.231. The number of rotatable bonds is 3. The molecule has 7 nitrogen and oxygen atoms in total. The van der Waals surface area contributed by atoms with Gasteiger partial charge in [0, 0.05) is 6.42 Å². The van der Waals surface area contributed by atoms with Crippen molar-refractivity contribution in [2.45, 2.75) is 18.6 Å². The number of oxime groups is 1. The van der Waals surface area contributed by atoms with Crippen molar-refractivity contribution in [2.75, 3.05) is 0 Å². The smallest absolute Gasteiger partial charge is 0.330 e. The quantitative estimate of drug-likeness (QED) is 0.825. The summed E-state index contributed by atoms with van der Waals surface area (Å²) >= 11 is 3.11. The Morgan fingerprint density at radius 3 is 2.33 bits per heavy atom. The van der Waals surface area contributed by atoms with E-state index in [1.165, 1.54) is 12.1 Å². The van der Waals surface area contributed by atoms with E-state index in [2.05, 4.69) is 21.1 Å². The Morgan fingerprint density at radius 1 is 1.33 bits per heavy atom. The zero-order valence-corrected chi connectivity index (χ0v) is 12.1. The number of hydrogen-bond donors (Lipinski definition) is 1. The average Bonchev–Trinajstić information content (AvgIpc) is 2.97. The van der Waals surface area contributed by atoms with Gasteiger partial charge in [-0.1, -0.05) is 17.3 Å². The molecule has 0 aliphatic carbocycles. The molecule has 0 aromatic heterocycles. The molecule has 1 N–H and O–H groups in total. The van der Waals surface area contributed by atoms with Gasteiger partial charge in [-0.3, -0.25) is 14.5 Å². The van der Waals surface area contributed by atoms with Crippen LogP contribution in [0.2, 0.25) is 0 Å². The van der Waals surface area contributed by atoms with Gasteiger partial charge in [-0.15, -0.1) is 0 Å². The number of aliphatic carboxylic acids is 1. The van der Waals surface area contributed by atoms with Gasteiger partial charge >= 0.3 is 5.97 Å². The first-order valence-electron chi connectivity index (χ1n) is 6.08. The highest BCUT2D eigenvalue weighted by Gasteiger charge is 2.48. The summed E-state index contributed by atoms with van der Waals surface area (Å²) in [6, 6.07) is 4.81. The van der Waals surface area contributed by atoms with Crippen LogP contribution in [0.1, 0.15) is 27.1 Å². The minimum Gasteiger partial charge on any atom is -0.480 e. The third-order valence-electron chi connectivity index (χ3n) is 3.37. The van der Waals surface area contributed by atoms with Gasteiger partial charge in [-0.05, 0) is 28.1 Å². The number of nitrogens with zero attached hydrogens (tertiary/aromatic N) is 2. The number of carboxylic acids is 1. The van der Waals surface area contributed by atoms with E-state index < -0.39 is 29.9 Å². The SMILES string of the molecule is O=C(O)C(C1CC(Br)=NO1)N1C(=O)c2ccccc2C1=O. The van der Waals surface area contributed by atoms with Crippen molar-refractivity contribution >= 4 is 38.3 Å². The second-order valence-corrected chi connectivity index (χ2v) is 5.54.